The van der Waals surface area contributed by atoms with Crippen molar-refractivity contribution >= 4 is 11.6 Å². The molecule has 0 bridgehead atoms. The quantitative estimate of drug-likeness (QED) is 0.691. The first-order chi connectivity index (χ1) is 7.22. The van der Waals surface area contributed by atoms with E-state index in [4.69, 9.17) is 16.9 Å². The zero-order valence-corrected chi connectivity index (χ0v) is 8.94. The molecule has 0 saturated carbocycles. The van der Waals surface area contributed by atoms with Crippen LogP contribution >= 0.6 is 11.6 Å². The molecule has 0 spiro atoms. The highest BCUT2D eigenvalue weighted by atomic mass is 35.5. The average molecular weight is 227 g/mol. The molecule has 2 heterocycles. The largest absolute Gasteiger partial charge is 0.346 e. The summed E-state index contributed by atoms with van der Waals surface area (Å²) in [6.07, 6.45) is 2.92. The molecule has 5 nitrogen and oxygen atoms in total. The summed E-state index contributed by atoms with van der Waals surface area (Å²) in [5.41, 5.74) is -0.148. The van der Waals surface area contributed by atoms with Gasteiger partial charge in [-0.2, -0.15) is 10.4 Å². The Kier molecular flexibility index (Phi) is 2.78. The van der Waals surface area contributed by atoms with Crippen LogP contribution in [0.2, 0.25) is 0 Å². The number of hydrogen-bond donors (Lipinski definition) is 0. The van der Waals surface area contributed by atoms with E-state index in [0.29, 0.717) is 0 Å². The van der Waals surface area contributed by atoms with Crippen LogP contribution in [0.1, 0.15) is 18.7 Å². The van der Waals surface area contributed by atoms with E-state index in [-0.39, 0.29) is 12.2 Å². The van der Waals surface area contributed by atoms with Gasteiger partial charge in [-0.3, -0.25) is 4.57 Å². The van der Waals surface area contributed by atoms with Gasteiger partial charge in [-0.05, 0) is 12.8 Å². The summed E-state index contributed by atoms with van der Waals surface area (Å²) in [6, 6.07) is 1.88. The molecule has 0 aromatic carbocycles. The van der Waals surface area contributed by atoms with E-state index in [1.54, 1.807) is 4.57 Å². The van der Waals surface area contributed by atoms with Gasteiger partial charge in [-0.15, -0.1) is 11.6 Å². The first-order valence-corrected chi connectivity index (χ1v) is 5.36. The van der Waals surface area contributed by atoms with Crippen LogP contribution in [0.3, 0.4) is 0 Å². The van der Waals surface area contributed by atoms with E-state index >= 15 is 0 Å². The molecule has 15 heavy (non-hydrogen) atoms. The fourth-order valence-electron chi connectivity index (χ4n) is 1.76. The molecule has 0 amide bonds. The zero-order valence-electron chi connectivity index (χ0n) is 8.19. The smallest absolute Gasteiger partial charge is 0.279 e. The van der Waals surface area contributed by atoms with Crippen LogP contribution in [-0.2, 0) is 19.5 Å². The van der Waals surface area contributed by atoms with Gasteiger partial charge in [0.1, 0.15) is 11.2 Å². The van der Waals surface area contributed by atoms with Crippen molar-refractivity contribution in [1.29, 1.82) is 5.26 Å². The Morgan fingerprint density at radius 2 is 2.40 bits per heavy atom. The van der Waals surface area contributed by atoms with Crippen molar-refractivity contribution < 1.29 is 0 Å². The Labute approximate surface area is 91.9 Å². The van der Waals surface area contributed by atoms with Gasteiger partial charge in [-0.1, -0.05) is 0 Å². The summed E-state index contributed by atoms with van der Waals surface area (Å²) >= 11 is 5.67. The lowest BCUT2D eigenvalue weighted by Gasteiger charge is -2.09. The van der Waals surface area contributed by atoms with Crippen LogP contribution in [0.25, 0.3) is 0 Å². The fourth-order valence-corrected chi connectivity index (χ4v) is 1.89. The number of nitrogens with zero attached hydrogens (tertiary/aromatic N) is 4. The molecule has 1 aliphatic heterocycles. The zero-order chi connectivity index (χ0) is 10.8. The van der Waals surface area contributed by atoms with Gasteiger partial charge in [0.15, 0.2) is 0 Å². The number of aryl methyl sites for hydroxylation is 1. The van der Waals surface area contributed by atoms with Crippen LogP contribution in [0.4, 0.5) is 0 Å². The molecule has 0 saturated heterocycles. The maximum atomic E-state index is 11.8. The molecule has 0 radical (unpaired) electrons. The second kappa shape index (κ2) is 4.07. The molecule has 1 aromatic heterocycles. The van der Waals surface area contributed by atoms with Crippen molar-refractivity contribution in [2.24, 2.45) is 0 Å². The standard InChI is InChI=1S/C9H11ClN4O/c10-7(5-11)6-14-9(15)13-4-2-1-3-8(13)12-14/h7H,1-4,6H2. The summed E-state index contributed by atoms with van der Waals surface area (Å²) < 4.78 is 2.96. The average Bonchev–Trinajstić information content (AvgIpc) is 2.57. The van der Waals surface area contributed by atoms with E-state index in [0.717, 1.165) is 31.6 Å². The number of fused-ring (bicyclic) bond motifs is 1. The van der Waals surface area contributed by atoms with Crippen molar-refractivity contribution in [1.82, 2.24) is 14.3 Å². The molecule has 80 valence electrons. The highest BCUT2D eigenvalue weighted by Crippen LogP contribution is 2.09. The molecule has 6 heteroatoms. The van der Waals surface area contributed by atoms with Crippen LogP contribution < -0.4 is 5.69 Å². The molecule has 0 N–H and O–H groups in total. The van der Waals surface area contributed by atoms with Gasteiger partial charge in [0.2, 0.25) is 0 Å². The molecule has 1 atom stereocenters. The van der Waals surface area contributed by atoms with Crippen molar-refractivity contribution in [3.05, 3.63) is 16.3 Å². The second-order valence-corrected chi connectivity index (χ2v) is 4.11. The Hall–Kier alpha value is -1.28. The van der Waals surface area contributed by atoms with E-state index < -0.39 is 5.38 Å². The Morgan fingerprint density at radius 1 is 1.60 bits per heavy atom. The molecular weight excluding hydrogens is 216 g/mol. The van der Waals surface area contributed by atoms with Crippen LogP contribution in [0, 0.1) is 11.3 Å². The second-order valence-electron chi connectivity index (χ2n) is 3.59. The van der Waals surface area contributed by atoms with Crippen LogP contribution in [0.15, 0.2) is 4.79 Å². The molecule has 0 fully saturated rings. The van der Waals surface area contributed by atoms with Gasteiger partial charge >= 0.3 is 5.69 Å². The summed E-state index contributed by atoms with van der Waals surface area (Å²) in [5.74, 6) is 0.813. The highest BCUT2D eigenvalue weighted by molar-refractivity contribution is 6.22. The monoisotopic (exact) mass is 226 g/mol. The van der Waals surface area contributed by atoms with Crippen molar-refractivity contribution in [3.63, 3.8) is 0 Å². The Morgan fingerprint density at radius 3 is 3.07 bits per heavy atom. The van der Waals surface area contributed by atoms with E-state index in [9.17, 15) is 4.79 Å². The molecule has 1 aliphatic rings. The summed E-state index contributed by atoms with van der Waals surface area (Å²) in [7, 11) is 0. The van der Waals surface area contributed by atoms with Crippen LogP contribution in [-0.4, -0.2) is 19.7 Å². The first-order valence-electron chi connectivity index (χ1n) is 4.92. The van der Waals surface area contributed by atoms with Gasteiger partial charge in [0, 0.05) is 13.0 Å². The first kappa shape index (κ1) is 10.2. The Bertz CT molecular complexity index is 456. The van der Waals surface area contributed by atoms with Crippen molar-refractivity contribution in [2.75, 3.05) is 0 Å². The third kappa shape index (κ3) is 1.90. The predicted octanol–water partition coefficient (Wildman–Crippen LogP) is 0.512. The van der Waals surface area contributed by atoms with E-state index in [2.05, 4.69) is 5.10 Å². The topological polar surface area (TPSA) is 63.6 Å². The minimum Gasteiger partial charge on any atom is -0.279 e. The minimum atomic E-state index is -0.695. The number of hydrogen-bond acceptors (Lipinski definition) is 3. The van der Waals surface area contributed by atoms with Gasteiger partial charge < -0.3 is 0 Å². The van der Waals surface area contributed by atoms with Crippen molar-refractivity contribution in [3.8, 4) is 6.07 Å². The molecule has 0 aliphatic carbocycles. The molecular formula is C9H11ClN4O. The van der Waals surface area contributed by atoms with Gasteiger partial charge in [0.25, 0.3) is 0 Å². The molecule has 1 aromatic rings. The van der Waals surface area contributed by atoms with Crippen molar-refractivity contribution in [2.45, 2.75) is 37.7 Å². The van der Waals surface area contributed by atoms with E-state index in [1.807, 2.05) is 6.07 Å². The van der Waals surface area contributed by atoms with Gasteiger partial charge in [-0.25, -0.2) is 9.48 Å². The lowest BCUT2D eigenvalue weighted by molar-refractivity contribution is 0.511. The molecule has 1 unspecified atom stereocenters. The number of alkyl halides is 1. The van der Waals surface area contributed by atoms with Gasteiger partial charge in [0.05, 0.1) is 12.6 Å². The number of halogens is 1. The van der Waals surface area contributed by atoms with E-state index in [1.165, 1.54) is 4.68 Å². The maximum Gasteiger partial charge on any atom is 0.346 e. The highest BCUT2D eigenvalue weighted by Gasteiger charge is 2.17. The number of aromatic nitrogens is 3. The minimum absolute atomic E-state index is 0.148. The number of nitriles is 1. The molecule has 2 rings (SSSR count). The lowest BCUT2D eigenvalue weighted by atomic mass is 10.2. The normalized spacial score (nSPS) is 16.8. The van der Waals surface area contributed by atoms with Crippen LogP contribution in [0.5, 0.6) is 0 Å². The summed E-state index contributed by atoms with van der Waals surface area (Å²) in [6.45, 7) is 0.893. The third-order valence-corrected chi connectivity index (χ3v) is 2.74. The summed E-state index contributed by atoms with van der Waals surface area (Å²) in [5, 5.41) is 12.0. The SMILES string of the molecule is N#CC(Cl)Cn1nc2n(c1=O)CCCC2. The fraction of sp³-hybridized carbons (Fsp3) is 0.667. The summed E-state index contributed by atoms with van der Waals surface area (Å²) in [4.78, 5) is 11.8. The third-order valence-electron chi connectivity index (χ3n) is 2.50. The maximum absolute atomic E-state index is 11.8. The predicted molar refractivity (Wildman–Crippen MR) is 54.7 cm³/mol. The Balaban J connectivity index is 2.30. The number of rotatable bonds is 2. The lowest BCUT2D eigenvalue weighted by Crippen LogP contribution is -2.28.